The Morgan fingerprint density at radius 1 is 0.621 bits per heavy atom. The van der Waals surface area contributed by atoms with Crippen LogP contribution in [0.25, 0.3) is 27.1 Å². The zero-order valence-corrected chi connectivity index (χ0v) is 16.4. The van der Waals surface area contributed by atoms with Gasteiger partial charge in [-0.1, -0.05) is 90.5 Å². The molecule has 0 amide bonds. The molecule has 0 aliphatic heterocycles. The van der Waals surface area contributed by atoms with Crippen LogP contribution in [0.15, 0.2) is 96.6 Å². The lowest BCUT2D eigenvalue weighted by Crippen LogP contribution is -2.06. The van der Waals surface area contributed by atoms with Gasteiger partial charge < -0.3 is 5.11 Å². The topological polar surface area (TPSA) is 20.2 Å². The molecule has 0 radical (unpaired) electrons. The fourth-order valence-corrected chi connectivity index (χ4v) is 4.59. The highest BCUT2D eigenvalue weighted by molar-refractivity contribution is 5.93. The number of hydrogen-bond donors (Lipinski definition) is 1. The normalized spacial score (nSPS) is 14.9. The highest BCUT2D eigenvalue weighted by Gasteiger charge is 2.20. The average molecular weight is 376 g/mol. The van der Waals surface area contributed by atoms with Crippen molar-refractivity contribution in [3.8, 4) is 5.75 Å². The van der Waals surface area contributed by atoms with Crippen molar-refractivity contribution in [2.24, 2.45) is 0 Å². The number of fused-ring (bicyclic) bond motifs is 5. The van der Waals surface area contributed by atoms with E-state index in [1.54, 1.807) is 17.2 Å². The van der Waals surface area contributed by atoms with Gasteiger partial charge in [0.2, 0.25) is 0 Å². The summed E-state index contributed by atoms with van der Waals surface area (Å²) in [4.78, 5) is 0. The van der Waals surface area contributed by atoms with Crippen LogP contribution in [0.4, 0.5) is 0 Å². The van der Waals surface area contributed by atoms with Gasteiger partial charge in [0, 0.05) is 5.39 Å². The van der Waals surface area contributed by atoms with Crippen molar-refractivity contribution in [2.75, 3.05) is 0 Å². The van der Waals surface area contributed by atoms with Crippen LogP contribution in [0.5, 0.6) is 5.75 Å². The van der Waals surface area contributed by atoms with Crippen LogP contribution in [0.1, 0.15) is 30.4 Å². The molecule has 0 heterocycles. The molecule has 1 nitrogen and oxygen atoms in total. The molecule has 2 aliphatic carbocycles. The van der Waals surface area contributed by atoms with Gasteiger partial charge in [-0.3, -0.25) is 0 Å². The fraction of sp³-hybridized carbons (Fsp3) is 0.143. The first-order chi connectivity index (χ1) is 14.3. The summed E-state index contributed by atoms with van der Waals surface area (Å²) in [5, 5.41) is 14.2. The van der Waals surface area contributed by atoms with E-state index in [-0.39, 0.29) is 0 Å². The minimum Gasteiger partial charge on any atom is -0.507 e. The van der Waals surface area contributed by atoms with E-state index in [4.69, 9.17) is 0 Å². The Kier molecular flexibility index (Phi) is 4.65. The Hall–Kier alpha value is -3.32. The average Bonchev–Trinajstić information content (AvgIpc) is 2.79. The minimum absolute atomic E-state index is 0.350. The molecule has 4 aromatic rings. The van der Waals surface area contributed by atoms with Gasteiger partial charge in [-0.15, -0.1) is 0 Å². The van der Waals surface area contributed by atoms with Crippen LogP contribution in [-0.4, -0.2) is 5.11 Å². The zero-order valence-electron chi connectivity index (χ0n) is 16.4. The van der Waals surface area contributed by atoms with Gasteiger partial charge in [0.05, 0.1) is 0 Å². The van der Waals surface area contributed by atoms with Crippen LogP contribution in [0, 0.1) is 0 Å². The van der Waals surface area contributed by atoms with E-state index in [1.807, 2.05) is 36.4 Å². The summed E-state index contributed by atoms with van der Waals surface area (Å²) in [5.41, 5.74) is 6.21. The number of benzene rings is 4. The maximum atomic E-state index is 9.37. The van der Waals surface area contributed by atoms with Crippen molar-refractivity contribution in [1.29, 1.82) is 0 Å². The summed E-state index contributed by atoms with van der Waals surface area (Å²) in [6.45, 7) is 0. The van der Waals surface area contributed by atoms with Gasteiger partial charge in [-0.05, 0) is 64.6 Å². The van der Waals surface area contributed by atoms with Gasteiger partial charge in [0.1, 0.15) is 5.75 Å². The molecule has 142 valence electrons. The first kappa shape index (κ1) is 17.8. The molecule has 0 atom stereocenters. The Balaban J connectivity index is 0.000000142. The summed E-state index contributed by atoms with van der Waals surface area (Å²) in [7, 11) is 0. The molecule has 0 spiro atoms. The lowest BCUT2D eigenvalue weighted by atomic mass is 9.80. The minimum atomic E-state index is 0.350. The first-order valence-electron chi connectivity index (χ1n) is 10.4. The summed E-state index contributed by atoms with van der Waals surface area (Å²) in [5.74, 6) is 0.350. The van der Waals surface area contributed by atoms with E-state index < -0.39 is 0 Å². The second-order valence-corrected chi connectivity index (χ2v) is 7.77. The van der Waals surface area contributed by atoms with Crippen LogP contribution in [0.3, 0.4) is 0 Å². The summed E-state index contributed by atoms with van der Waals surface area (Å²) >= 11 is 0. The first-order valence-corrected chi connectivity index (χ1v) is 10.4. The molecule has 1 N–H and O–H groups in total. The third-order valence-corrected chi connectivity index (χ3v) is 6.05. The van der Waals surface area contributed by atoms with Gasteiger partial charge in [-0.2, -0.15) is 0 Å². The van der Waals surface area contributed by atoms with E-state index in [9.17, 15) is 5.11 Å². The molecule has 6 rings (SSSR count). The molecule has 29 heavy (non-hydrogen) atoms. The number of rotatable bonds is 0. The number of allylic oxidation sites excluding steroid dienone is 4. The molecule has 0 unspecified atom stereocenters. The van der Waals surface area contributed by atoms with Crippen LogP contribution >= 0.6 is 0 Å². The van der Waals surface area contributed by atoms with E-state index in [0.717, 1.165) is 10.8 Å². The molecule has 0 aromatic heterocycles. The summed E-state index contributed by atoms with van der Waals surface area (Å²) in [6, 6.07) is 26.7. The number of aryl methyl sites for hydroxylation is 1. The van der Waals surface area contributed by atoms with E-state index >= 15 is 0 Å². The standard InChI is InChI=1S/C18H16.C10H8O/c1-3-7-15-13(5-1)9-11-18-16-8-4-2-6-14(16)10-12-17(15)18;11-10-7-3-5-8-4-1-2-6-9(8)10/h1,3-5,7-9,11H,2,6,10,12H2;1-7,11H. The van der Waals surface area contributed by atoms with Gasteiger partial charge in [-0.25, -0.2) is 0 Å². The van der Waals surface area contributed by atoms with Crippen LogP contribution in [0.2, 0.25) is 0 Å². The van der Waals surface area contributed by atoms with E-state index in [1.165, 1.54) is 47.6 Å². The van der Waals surface area contributed by atoms with Crippen molar-refractivity contribution < 1.29 is 5.11 Å². The Labute approximate surface area is 171 Å². The van der Waals surface area contributed by atoms with Crippen LogP contribution in [-0.2, 0) is 6.42 Å². The molecule has 0 bridgehead atoms. The summed E-state index contributed by atoms with van der Waals surface area (Å²) < 4.78 is 0. The lowest BCUT2D eigenvalue weighted by molar-refractivity contribution is 0.481. The van der Waals surface area contributed by atoms with Gasteiger partial charge in [0.25, 0.3) is 0 Å². The van der Waals surface area contributed by atoms with Gasteiger partial charge >= 0.3 is 0 Å². The van der Waals surface area contributed by atoms with Crippen molar-refractivity contribution >= 4 is 27.1 Å². The largest absolute Gasteiger partial charge is 0.507 e. The monoisotopic (exact) mass is 376 g/mol. The third kappa shape index (κ3) is 3.34. The SMILES string of the molecule is C1=CC2=C(CC1)CCc1c2ccc2ccccc12.Oc1cccc2ccccc12. The molecule has 2 aliphatic rings. The molecule has 0 fully saturated rings. The van der Waals surface area contributed by atoms with Crippen molar-refractivity contribution in [2.45, 2.75) is 25.7 Å². The maximum absolute atomic E-state index is 9.37. The Bertz CT molecular complexity index is 1250. The smallest absolute Gasteiger partial charge is 0.123 e. The Morgan fingerprint density at radius 2 is 1.34 bits per heavy atom. The van der Waals surface area contributed by atoms with Crippen molar-refractivity contribution in [3.05, 3.63) is 108 Å². The van der Waals surface area contributed by atoms with Gasteiger partial charge in [0.15, 0.2) is 0 Å². The molecule has 4 aromatic carbocycles. The molecule has 0 saturated heterocycles. The lowest BCUT2D eigenvalue weighted by Gasteiger charge is -2.25. The third-order valence-electron chi connectivity index (χ3n) is 6.05. The quantitative estimate of drug-likeness (QED) is 0.338. The number of phenolic OH excluding ortho intramolecular Hbond substituents is 1. The summed E-state index contributed by atoms with van der Waals surface area (Å²) in [6.07, 6.45) is 9.61. The van der Waals surface area contributed by atoms with Crippen molar-refractivity contribution in [1.82, 2.24) is 0 Å². The van der Waals surface area contributed by atoms with E-state index in [0.29, 0.717) is 5.75 Å². The Morgan fingerprint density at radius 3 is 2.17 bits per heavy atom. The number of phenols is 1. The molecular weight excluding hydrogens is 352 g/mol. The molecule has 0 saturated carbocycles. The highest BCUT2D eigenvalue weighted by atomic mass is 16.3. The highest BCUT2D eigenvalue weighted by Crippen LogP contribution is 2.39. The number of aromatic hydroxyl groups is 1. The second kappa shape index (κ2) is 7.60. The zero-order chi connectivity index (χ0) is 19.6. The second-order valence-electron chi connectivity index (χ2n) is 7.77. The number of hydrogen-bond acceptors (Lipinski definition) is 1. The maximum Gasteiger partial charge on any atom is 0.123 e. The van der Waals surface area contributed by atoms with E-state index in [2.05, 4.69) is 48.6 Å². The molecule has 1 heteroatoms. The van der Waals surface area contributed by atoms with Crippen LogP contribution < -0.4 is 0 Å². The predicted molar refractivity (Wildman–Crippen MR) is 123 cm³/mol. The van der Waals surface area contributed by atoms with Crippen molar-refractivity contribution in [3.63, 3.8) is 0 Å². The fourth-order valence-electron chi connectivity index (χ4n) is 4.59. The molecular formula is C28H24O. The predicted octanol–water partition coefficient (Wildman–Crippen LogP) is 7.44.